The number of rotatable bonds is 4. The molecule has 96 valence electrons. The molecule has 0 fully saturated rings. The van der Waals surface area contributed by atoms with Gasteiger partial charge in [0.1, 0.15) is 11.0 Å². The molecular formula is C12H15ClN4O. The molecule has 2 rings (SSSR count). The molecule has 0 aliphatic heterocycles. The lowest BCUT2D eigenvalue weighted by Crippen LogP contribution is -1.99. The lowest BCUT2D eigenvalue weighted by Gasteiger charge is -2.07. The molecule has 0 saturated carbocycles. The van der Waals surface area contributed by atoms with Gasteiger partial charge in [0.2, 0.25) is 5.88 Å². The van der Waals surface area contributed by atoms with Crippen molar-refractivity contribution in [1.29, 1.82) is 0 Å². The Labute approximate surface area is 111 Å². The third-order valence-corrected chi connectivity index (χ3v) is 2.55. The molecule has 0 amide bonds. The summed E-state index contributed by atoms with van der Waals surface area (Å²) >= 11 is 5.94. The summed E-state index contributed by atoms with van der Waals surface area (Å²) in [6.45, 7) is 6.81. The van der Waals surface area contributed by atoms with Gasteiger partial charge in [-0.3, -0.25) is 4.68 Å². The van der Waals surface area contributed by atoms with Gasteiger partial charge in [0, 0.05) is 18.5 Å². The molecule has 0 N–H and O–H groups in total. The van der Waals surface area contributed by atoms with Crippen LogP contribution >= 0.6 is 11.6 Å². The van der Waals surface area contributed by atoms with Crippen LogP contribution in [0.5, 0.6) is 11.6 Å². The van der Waals surface area contributed by atoms with Crippen molar-refractivity contribution in [2.24, 2.45) is 0 Å². The summed E-state index contributed by atoms with van der Waals surface area (Å²) in [6, 6.07) is 1.59. The molecule has 18 heavy (non-hydrogen) atoms. The van der Waals surface area contributed by atoms with Gasteiger partial charge in [-0.2, -0.15) is 10.1 Å². The van der Waals surface area contributed by atoms with Crippen molar-refractivity contribution < 1.29 is 4.74 Å². The van der Waals surface area contributed by atoms with E-state index in [9.17, 15) is 0 Å². The topological polar surface area (TPSA) is 52.8 Å². The van der Waals surface area contributed by atoms with E-state index in [1.54, 1.807) is 16.9 Å². The fraction of sp³-hybridized carbons (Fsp3) is 0.417. The summed E-state index contributed by atoms with van der Waals surface area (Å²) in [5.74, 6) is 1.94. The van der Waals surface area contributed by atoms with Crippen LogP contribution in [0, 0.1) is 0 Å². The quantitative estimate of drug-likeness (QED) is 0.797. The van der Waals surface area contributed by atoms with Crippen molar-refractivity contribution in [1.82, 2.24) is 19.7 Å². The van der Waals surface area contributed by atoms with Gasteiger partial charge in [-0.25, -0.2) is 4.98 Å². The van der Waals surface area contributed by atoms with Crippen LogP contribution in [0.15, 0.2) is 18.5 Å². The Morgan fingerprint density at radius 2 is 2.17 bits per heavy atom. The maximum absolute atomic E-state index is 5.94. The minimum absolute atomic E-state index is 0.199. The molecular weight excluding hydrogens is 252 g/mol. The summed E-state index contributed by atoms with van der Waals surface area (Å²) in [4.78, 5) is 8.46. The molecule has 5 nitrogen and oxygen atoms in total. The van der Waals surface area contributed by atoms with E-state index in [4.69, 9.17) is 16.3 Å². The van der Waals surface area contributed by atoms with Gasteiger partial charge in [-0.1, -0.05) is 25.4 Å². The van der Waals surface area contributed by atoms with Crippen LogP contribution in [0.4, 0.5) is 0 Å². The highest BCUT2D eigenvalue weighted by Crippen LogP contribution is 2.23. The molecule has 0 unspecified atom stereocenters. The van der Waals surface area contributed by atoms with Crippen LogP contribution in [-0.2, 0) is 6.54 Å². The Morgan fingerprint density at radius 3 is 2.78 bits per heavy atom. The predicted molar refractivity (Wildman–Crippen MR) is 69.1 cm³/mol. The van der Waals surface area contributed by atoms with Crippen molar-refractivity contribution in [2.45, 2.75) is 33.2 Å². The highest BCUT2D eigenvalue weighted by molar-refractivity contribution is 6.29. The molecule has 0 aromatic carbocycles. The van der Waals surface area contributed by atoms with E-state index in [1.807, 2.05) is 27.0 Å². The number of nitrogens with zero attached hydrogens (tertiary/aromatic N) is 4. The van der Waals surface area contributed by atoms with Crippen molar-refractivity contribution in [3.05, 3.63) is 29.4 Å². The Morgan fingerprint density at radius 1 is 1.39 bits per heavy atom. The standard InChI is InChI=1S/C12H15ClN4O/c1-4-17-7-9(6-14-17)18-11-5-10(13)15-12(16-11)8(2)3/h5-8H,4H2,1-3H3. The van der Waals surface area contributed by atoms with Crippen LogP contribution < -0.4 is 4.74 Å². The first-order chi connectivity index (χ1) is 8.58. The Bertz CT molecular complexity index is 539. The molecule has 2 aromatic rings. The second-order valence-electron chi connectivity index (χ2n) is 4.18. The van der Waals surface area contributed by atoms with Crippen LogP contribution in [-0.4, -0.2) is 19.7 Å². The maximum atomic E-state index is 5.94. The van der Waals surface area contributed by atoms with E-state index in [0.29, 0.717) is 22.6 Å². The molecule has 0 radical (unpaired) electrons. The van der Waals surface area contributed by atoms with Gasteiger partial charge >= 0.3 is 0 Å². The molecule has 0 atom stereocenters. The normalized spacial score (nSPS) is 10.9. The van der Waals surface area contributed by atoms with Crippen LogP contribution in [0.3, 0.4) is 0 Å². The zero-order chi connectivity index (χ0) is 13.1. The highest BCUT2D eigenvalue weighted by Gasteiger charge is 2.09. The van der Waals surface area contributed by atoms with Gasteiger partial charge in [0.05, 0.1) is 12.4 Å². The number of hydrogen-bond donors (Lipinski definition) is 0. The monoisotopic (exact) mass is 266 g/mol. The van der Waals surface area contributed by atoms with Crippen LogP contribution in [0.2, 0.25) is 5.15 Å². The molecule has 0 spiro atoms. The van der Waals surface area contributed by atoms with Crippen molar-refractivity contribution >= 4 is 11.6 Å². The van der Waals surface area contributed by atoms with E-state index < -0.39 is 0 Å². The van der Waals surface area contributed by atoms with Crippen LogP contribution in [0.25, 0.3) is 0 Å². The minimum Gasteiger partial charge on any atom is -0.436 e. The Balaban J connectivity index is 2.23. The van der Waals surface area contributed by atoms with Crippen molar-refractivity contribution in [3.8, 4) is 11.6 Å². The average molecular weight is 267 g/mol. The first-order valence-corrected chi connectivity index (χ1v) is 6.21. The molecule has 0 aliphatic carbocycles. The third-order valence-electron chi connectivity index (χ3n) is 2.36. The average Bonchev–Trinajstić information content (AvgIpc) is 2.76. The molecule has 0 saturated heterocycles. The van der Waals surface area contributed by atoms with Crippen molar-refractivity contribution in [2.75, 3.05) is 0 Å². The number of hydrogen-bond acceptors (Lipinski definition) is 4. The van der Waals surface area contributed by atoms with Crippen LogP contribution in [0.1, 0.15) is 32.5 Å². The zero-order valence-electron chi connectivity index (χ0n) is 10.6. The summed E-state index contributed by atoms with van der Waals surface area (Å²) < 4.78 is 7.39. The fourth-order valence-electron chi connectivity index (χ4n) is 1.42. The van der Waals surface area contributed by atoms with Gasteiger partial charge in [-0.05, 0) is 6.92 Å². The SMILES string of the molecule is CCn1cc(Oc2cc(Cl)nc(C(C)C)n2)cn1. The Kier molecular flexibility index (Phi) is 3.81. The van der Waals surface area contributed by atoms with E-state index in [1.165, 1.54) is 0 Å². The molecule has 0 aliphatic rings. The van der Waals surface area contributed by atoms with Gasteiger partial charge < -0.3 is 4.74 Å². The van der Waals surface area contributed by atoms with Gasteiger partial charge in [0.15, 0.2) is 5.75 Å². The zero-order valence-corrected chi connectivity index (χ0v) is 11.3. The summed E-state index contributed by atoms with van der Waals surface area (Å²) in [5, 5.41) is 4.51. The second kappa shape index (κ2) is 5.35. The van der Waals surface area contributed by atoms with Gasteiger partial charge in [0.25, 0.3) is 0 Å². The molecule has 6 heteroatoms. The first kappa shape index (κ1) is 12.8. The molecule has 0 bridgehead atoms. The minimum atomic E-state index is 0.199. The van der Waals surface area contributed by atoms with Crippen molar-refractivity contribution in [3.63, 3.8) is 0 Å². The number of halogens is 1. The summed E-state index contributed by atoms with van der Waals surface area (Å²) in [7, 11) is 0. The van der Waals surface area contributed by atoms with E-state index in [0.717, 1.165) is 6.54 Å². The van der Waals surface area contributed by atoms with E-state index in [-0.39, 0.29) is 5.92 Å². The van der Waals surface area contributed by atoms with E-state index in [2.05, 4.69) is 15.1 Å². The largest absolute Gasteiger partial charge is 0.436 e. The maximum Gasteiger partial charge on any atom is 0.224 e. The Hall–Kier alpha value is -1.62. The highest BCUT2D eigenvalue weighted by atomic mass is 35.5. The lowest BCUT2D eigenvalue weighted by molar-refractivity contribution is 0.456. The fourth-order valence-corrected chi connectivity index (χ4v) is 1.60. The van der Waals surface area contributed by atoms with E-state index >= 15 is 0 Å². The smallest absolute Gasteiger partial charge is 0.224 e. The predicted octanol–water partition coefficient (Wildman–Crippen LogP) is 3.26. The number of aryl methyl sites for hydroxylation is 1. The molecule has 2 aromatic heterocycles. The summed E-state index contributed by atoms with van der Waals surface area (Å²) in [6.07, 6.45) is 3.46. The first-order valence-electron chi connectivity index (χ1n) is 5.83. The number of aromatic nitrogens is 4. The summed E-state index contributed by atoms with van der Waals surface area (Å²) in [5.41, 5.74) is 0. The second-order valence-corrected chi connectivity index (χ2v) is 4.56. The number of ether oxygens (including phenoxy) is 1. The lowest BCUT2D eigenvalue weighted by atomic mass is 10.2. The van der Waals surface area contributed by atoms with Gasteiger partial charge in [-0.15, -0.1) is 0 Å². The third kappa shape index (κ3) is 2.98. The molecule has 2 heterocycles.